The SMILES string of the molecule is CC(N)C(=O)NCc1ccc(C(C)(C)C)cc1.Cl. The summed E-state index contributed by atoms with van der Waals surface area (Å²) in [7, 11) is 0. The highest BCUT2D eigenvalue weighted by Crippen LogP contribution is 2.22. The van der Waals surface area contributed by atoms with Gasteiger partial charge in [-0.15, -0.1) is 12.4 Å². The normalized spacial score (nSPS) is 12.5. The van der Waals surface area contributed by atoms with Crippen molar-refractivity contribution < 1.29 is 4.79 Å². The Bertz CT molecular complexity index is 380. The molecule has 0 aliphatic carbocycles. The predicted octanol–water partition coefficient (Wildman–Crippen LogP) is 2.37. The Morgan fingerprint density at radius 2 is 1.78 bits per heavy atom. The summed E-state index contributed by atoms with van der Waals surface area (Å²) in [6, 6.07) is 7.84. The summed E-state index contributed by atoms with van der Waals surface area (Å²) >= 11 is 0. The molecule has 1 unspecified atom stereocenters. The van der Waals surface area contributed by atoms with E-state index in [2.05, 4.69) is 38.2 Å². The molecule has 0 aliphatic heterocycles. The van der Waals surface area contributed by atoms with Gasteiger partial charge in [-0.25, -0.2) is 0 Å². The van der Waals surface area contributed by atoms with Crippen LogP contribution in [-0.4, -0.2) is 11.9 Å². The highest BCUT2D eigenvalue weighted by atomic mass is 35.5. The maximum atomic E-state index is 11.3. The molecule has 1 amide bonds. The van der Waals surface area contributed by atoms with Gasteiger partial charge in [0.15, 0.2) is 0 Å². The van der Waals surface area contributed by atoms with E-state index >= 15 is 0 Å². The summed E-state index contributed by atoms with van der Waals surface area (Å²) in [6.07, 6.45) is 0. The molecule has 0 heterocycles. The van der Waals surface area contributed by atoms with E-state index in [9.17, 15) is 4.79 Å². The quantitative estimate of drug-likeness (QED) is 0.886. The van der Waals surface area contributed by atoms with Gasteiger partial charge in [-0.3, -0.25) is 4.79 Å². The second kappa shape index (κ2) is 6.76. The molecule has 0 saturated heterocycles. The third kappa shape index (κ3) is 5.07. The van der Waals surface area contributed by atoms with Gasteiger partial charge in [0.05, 0.1) is 6.04 Å². The predicted molar refractivity (Wildman–Crippen MR) is 77.9 cm³/mol. The monoisotopic (exact) mass is 270 g/mol. The molecular formula is C14H23ClN2O. The van der Waals surface area contributed by atoms with Crippen LogP contribution >= 0.6 is 12.4 Å². The Morgan fingerprint density at radius 1 is 1.28 bits per heavy atom. The molecule has 4 heteroatoms. The number of benzene rings is 1. The van der Waals surface area contributed by atoms with Gasteiger partial charge in [0.2, 0.25) is 5.91 Å². The standard InChI is InChI=1S/C14H22N2O.ClH/c1-10(15)13(17)16-9-11-5-7-12(8-6-11)14(2,3)4;/h5-8,10H,9,15H2,1-4H3,(H,16,17);1H. The molecule has 3 nitrogen and oxygen atoms in total. The Kier molecular flexibility index (Phi) is 6.36. The molecule has 0 aliphatic rings. The number of halogens is 1. The summed E-state index contributed by atoms with van der Waals surface area (Å²) < 4.78 is 0. The number of amides is 1. The fraction of sp³-hybridized carbons (Fsp3) is 0.500. The van der Waals surface area contributed by atoms with Crippen LogP contribution in [0.5, 0.6) is 0 Å². The zero-order valence-corrected chi connectivity index (χ0v) is 12.3. The van der Waals surface area contributed by atoms with Crippen LogP contribution < -0.4 is 11.1 Å². The minimum Gasteiger partial charge on any atom is -0.351 e. The molecule has 0 bridgehead atoms. The Balaban J connectivity index is 0.00000289. The number of nitrogens with one attached hydrogen (secondary N) is 1. The fourth-order valence-electron chi connectivity index (χ4n) is 1.47. The molecule has 18 heavy (non-hydrogen) atoms. The molecule has 1 aromatic rings. The summed E-state index contributed by atoms with van der Waals surface area (Å²) in [6.45, 7) is 8.75. The van der Waals surface area contributed by atoms with Gasteiger partial charge in [-0.2, -0.15) is 0 Å². The van der Waals surface area contributed by atoms with E-state index in [0.717, 1.165) is 5.56 Å². The van der Waals surface area contributed by atoms with E-state index < -0.39 is 6.04 Å². The molecular weight excluding hydrogens is 248 g/mol. The van der Waals surface area contributed by atoms with Crippen molar-refractivity contribution in [1.29, 1.82) is 0 Å². The van der Waals surface area contributed by atoms with Crippen molar-refractivity contribution in [2.45, 2.75) is 45.7 Å². The smallest absolute Gasteiger partial charge is 0.236 e. The van der Waals surface area contributed by atoms with Crippen molar-refractivity contribution >= 4 is 18.3 Å². The van der Waals surface area contributed by atoms with E-state index in [0.29, 0.717) is 6.54 Å². The van der Waals surface area contributed by atoms with Crippen LogP contribution in [0.25, 0.3) is 0 Å². The first kappa shape index (κ1) is 16.9. The van der Waals surface area contributed by atoms with E-state index in [1.54, 1.807) is 6.92 Å². The lowest BCUT2D eigenvalue weighted by molar-refractivity contribution is -0.122. The minimum absolute atomic E-state index is 0. The summed E-state index contributed by atoms with van der Waals surface area (Å²) in [5.74, 6) is -0.120. The lowest BCUT2D eigenvalue weighted by Gasteiger charge is -2.19. The second-order valence-electron chi connectivity index (χ2n) is 5.45. The van der Waals surface area contributed by atoms with Crippen LogP contribution in [0.4, 0.5) is 0 Å². The molecule has 1 aromatic carbocycles. The molecule has 0 radical (unpaired) electrons. The largest absolute Gasteiger partial charge is 0.351 e. The number of hydrogen-bond acceptors (Lipinski definition) is 2. The van der Waals surface area contributed by atoms with Crippen molar-refractivity contribution in [2.75, 3.05) is 0 Å². The highest BCUT2D eigenvalue weighted by molar-refractivity contribution is 5.85. The molecule has 0 fully saturated rings. The fourth-order valence-corrected chi connectivity index (χ4v) is 1.47. The zero-order valence-electron chi connectivity index (χ0n) is 11.5. The zero-order chi connectivity index (χ0) is 13.1. The number of carbonyl (C=O) groups is 1. The van der Waals surface area contributed by atoms with Gasteiger partial charge in [0.25, 0.3) is 0 Å². The van der Waals surface area contributed by atoms with E-state index in [4.69, 9.17) is 5.73 Å². The van der Waals surface area contributed by atoms with Crippen LogP contribution in [-0.2, 0) is 16.8 Å². The molecule has 0 spiro atoms. The van der Waals surface area contributed by atoms with Crippen molar-refractivity contribution in [3.63, 3.8) is 0 Å². The first-order valence-electron chi connectivity index (χ1n) is 5.93. The van der Waals surface area contributed by atoms with Crippen molar-refractivity contribution in [3.8, 4) is 0 Å². The van der Waals surface area contributed by atoms with Gasteiger partial charge < -0.3 is 11.1 Å². The lowest BCUT2D eigenvalue weighted by Crippen LogP contribution is -2.37. The average molecular weight is 271 g/mol. The molecule has 0 saturated carbocycles. The van der Waals surface area contributed by atoms with Crippen LogP contribution in [0.3, 0.4) is 0 Å². The molecule has 1 rings (SSSR count). The topological polar surface area (TPSA) is 55.1 Å². The van der Waals surface area contributed by atoms with E-state index in [1.165, 1.54) is 5.56 Å². The highest BCUT2D eigenvalue weighted by Gasteiger charge is 2.13. The first-order chi connectivity index (χ1) is 7.80. The third-order valence-corrected chi connectivity index (χ3v) is 2.70. The first-order valence-corrected chi connectivity index (χ1v) is 5.93. The van der Waals surface area contributed by atoms with Gasteiger partial charge in [0.1, 0.15) is 0 Å². The van der Waals surface area contributed by atoms with Crippen molar-refractivity contribution in [1.82, 2.24) is 5.32 Å². The minimum atomic E-state index is -0.455. The van der Waals surface area contributed by atoms with Gasteiger partial charge in [-0.05, 0) is 23.5 Å². The Morgan fingerprint density at radius 3 is 2.17 bits per heavy atom. The van der Waals surface area contributed by atoms with Crippen LogP contribution in [0.15, 0.2) is 24.3 Å². The molecule has 3 N–H and O–H groups in total. The summed E-state index contributed by atoms with van der Waals surface area (Å²) in [5, 5.41) is 2.79. The number of carbonyl (C=O) groups excluding carboxylic acids is 1. The second-order valence-corrected chi connectivity index (χ2v) is 5.45. The summed E-state index contributed by atoms with van der Waals surface area (Å²) in [4.78, 5) is 11.3. The van der Waals surface area contributed by atoms with Gasteiger partial charge in [-0.1, -0.05) is 45.0 Å². The Hall–Kier alpha value is -1.06. The Labute approximate surface area is 116 Å². The van der Waals surface area contributed by atoms with E-state index in [-0.39, 0.29) is 23.7 Å². The molecule has 0 aromatic heterocycles. The number of rotatable bonds is 3. The van der Waals surface area contributed by atoms with Gasteiger partial charge in [0, 0.05) is 6.54 Å². The third-order valence-electron chi connectivity index (χ3n) is 2.70. The average Bonchev–Trinajstić information content (AvgIpc) is 2.25. The maximum Gasteiger partial charge on any atom is 0.236 e. The van der Waals surface area contributed by atoms with Crippen LogP contribution in [0.1, 0.15) is 38.8 Å². The number of nitrogens with two attached hydrogens (primary N) is 1. The van der Waals surface area contributed by atoms with Crippen LogP contribution in [0, 0.1) is 0 Å². The van der Waals surface area contributed by atoms with Crippen molar-refractivity contribution in [2.24, 2.45) is 5.73 Å². The molecule has 1 atom stereocenters. The maximum absolute atomic E-state index is 11.3. The number of hydrogen-bond donors (Lipinski definition) is 2. The lowest BCUT2D eigenvalue weighted by atomic mass is 9.87. The molecule has 102 valence electrons. The van der Waals surface area contributed by atoms with Crippen LogP contribution in [0.2, 0.25) is 0 Å². The van der Waals surface area contributed by atoms with E-state index in [1.807, 2.05) is 12.1 Å². The van der Waals surface area contributed by atoms with Gasteiger partial charge >= 0.3 is 0 Å². The summed E-state index contributed by atoms with van der Waals surface area (Å²) in [5.41, 5.74) is 8.01. The van der Waals surface area contributed by atoms with Crippen molar-refractivity contribution in [3.05, 3.63) is 35.4 Å².